The Kier molecular flexibility index (Phi) is 15.3. The van der Waals surface area contributed by atoms with Crippen LogP contribution in [-0.2, 0) is 0 Å². The Bertz CT molecular complexity index is 1360. The first kappa shape index (κ1) is 35.3. The molecule has 246 valence electrons. The van der Waals surface area contributed by atoms with Crippen molar-refractivity contribution in [3.63, 3.8) is 0 Å². The molecule has 0 bridgehead atoms. The van der Waals surface area contributed by atoms with Crippen LogP contribution in [0.3, 0.4) is 0 Å². The van der Waals surface area contributed by atoms with Gasteiger partial charge >= 0.3 is 0 Å². The number of benzene rings is 4. The van der Waals surface area contributed by atoms with Crippen LogP contribution in [0.5, 0.6) is 0 Å². The largest absolute Gasteiger partial charge is 0.372 e. The quantitative estimate of drug-likeness (QED) is 0.0859. The Balaban J connectivity index is 1.88. The first-order valence-corrected chi connectivity index (χ1v) is 18.6. The van der Waals surface area contributed by atoms with Crippen LogP contribution in [0.15, 0.2) is 97.1 Å². The fraction of sp³-hybridized carbons (Fsp3) is 0.455. The van der Waals surface area contributed by atoms with Gasteiger partial charge in [0.05, 0.1) is 0 Å². The van der Waals surface area contributed by atoms with Crippen molar-refractivity contribution in [3.8, 4) is 33.4 Å². The second-order valence-electron chi connectivity index (χ2n) is 13.0. The molecule has 0 saturated heterocycles. The summed E-state index contributed by atoms with van der Waals surface area (Å²) >= 11 is 0. The molecule has 0 aliphatic rings. The van der Waals surface area contributed by atoms with E-state index in [-0.39, 0.29) is 0 Å². The lowest BCUT2D eigenvalue weighted by Crippen LogP contribution is -2.26. The molecule has 2 nitrogen and oxygen atoms in total. The van der Waals surface area contributed by atoms with Crippen LogP contribution in [0.4, 0.5) is 11.4 Å². The molecule has 0 spiro atoms. The molecule has 46 heavy (non-hydrogen) atoms. The first-order valence-electron chi connectivity index (χ1n) is 18.6. The van der Waals surface area contributed by atoms with Crippen molar-refractivity contribution in [3.05, 3.63) is 97.1 Å². The van der Waals surface area contributed by atoms with E-state index in [2.05, 4.69) is 135 Å². The zero-order valence-corrected chi connectivity index (χ0v) is 29.4. The van der Waals surface area contributed by atoms with E-state index in [9.17, 15) is 0 Å². The van der Waals surface area contributed by atoms with Crippen molar-refractivity contribution >= 4 is 11.4 Å². The van der Waals surface area contributed by atoms with E-state index in [0.717, 1.165) is 26.2 Å². The molecule has 0 aromatic heterocycles. The molecule has 4 aromatic rings. The summed E-state index contributed by atoms with van der Waals surface area (Å²) < 4.78 is 0. The fourth-order valence-electron chi connectivity index (χ4n) is 6.68. The molecule has 0 fully saturated rings. The van der Waals surface area contributed by atoms with Gasteiger partial charge in [-0.2, -0.15) is 0 Å². The van der Waals surface area contributed by atoms with Crippen molar-refractivity contribution in [2.45, 2.75) is 105 Å². The van der Waals surface area contributed by atoms with Crippen LogP contribution in [0.1, 0.15) is 105 Å². The minimum absolute atomic E-state index is 1.10. The molecular formula is C44H60N2. The van der Waals surface area contributed by atoms with E-state index in [1.54, 1.807) is 0 Å². The van der Waals surface area contributed by atoms with E-state index in [1.165, 1.54) is 122 Å². The van der Waals surface area contributed by atoms with Crippen molar-refractivity contribution in [2.24, 2.45) is 0 Å². The molecule has 4 rings (SSSR count). The van der Waals surface area contributed by atoms with Crippen LogP contribution < -0.4 is 9.80 Å². The molecule has 0 atom stereocenters. The van der Waals surface area contributed by atoms with Gasteiger partial charge in [-0.1, -0.05) is 158 Å². The van der Waals surface area contributed by atoms with Crippen molar-refractivity contribution in [1.29, 1.82) is 0 Å². The van der Waals surface area contributed by atoms with Gasteiger partial charge < -0.3 is 9.80 Å². The van der Waals surface area contributed by atoms with E-state index in [0.29, 0.717) is 0 Å². The highest BCUT2D eigenvalue weighted by Gasteiger charge is 2.22. The highest BCUT2D eigenvalue weighted by atomic mass is 15.1. The monoisotopic (exact) mass is 616 g/mol. The number of rotatable bonds is 21. The van der Waals surface area contributed by atoms with Crippen molar-refractivity contribution in [1.82, 2.24) is 0 Å². The van der Waals surface area contributed by atoms with E-state index < -0.39 is 0 Å². The molecule has 0 unspecified atom stereocenters. The highest BCUT2D eigenvalue weighted by Crippen LogP contribution is 2.46. The number of nitrogens with zero attached hydrogens (tertiary/aromatic N) is 2. The molecule has 0 aliphatic carbocycles. The average molecular weight is 617 g/mol. The van der Waals surface area contributed by atoms with Gasteiger partial charge in [0, 0.05) is 43.1 Å². The Morgan fingerprint density at radius 3 is 1.28 bits per heavy atom. The minimum Gasteiger partial charge on any atom is -0.372 e. The molecule has 0 radical (unpaired) electrons. The summed E-state index contributed by atoms with van der Waals surface area (Å²) in [6, 6.07) is 36.5. The lowest BCUT2D eigenvalue weighted by atomic mass is 9.86. The van der Waals surface area contributed by atoms with E-state index in [1.807, 2.05) is 0 Å². The molecule has 0 aliphatic heterocycles. The second kappa shape index (κ2) is 19.9. The Morgan fingerprint density at radius 2 is 0.804 bits per heavy atom. The summed E-state index contributed by atoms with van der Waals surface area (Å²) in [4.78, 5) is 5.34. The van der Waals surface area contributed by atoms with Crippen LogP contribution in [0.2, 0.25) is 0 Å². The lowest BCUT2D eigenvalue weighted by molar-refractivity contribution is 0.636. The van der Waals surface area contributed by atoms with Gasteiger partial charge in [-0.15, -0.1) is 0 Å². The Hall–Kier alpha value is -3.52. The summed E-state index contributed by atoms with van der Waals surface area (Å²) in [5.74, 6) is 0. The normalized spacial score (nSPS) is 11.1. The minimum atomic E-state index is 1.10. The number of hydrogen-bond donors (Lipinski definition) is 0. The van der Waals surface area contributed by atoms with Crippen LogP contribution in [0, 0.1) is 0 Å². The maximum Gasteiger partial charge on any atom is 0.0452 e. The van der Waals surface area contributed by atoms with Gasteiger partial charge in [0.1, 0.15) is 0 Å². The third-order valence-electron chi connectivity index (χ3n) is 9.32. The van der Waals surface area contributed by atoms with Crippen molar-refractivity contribution in [2.75, 3.05) is 36.0 Å². The average Bonchev–Trinajstić information content (AvgIpc) is 3.11. The second-order valence-corrected chi connectivity index (χ2v) is 13.0. The van der Waals surface area contributed by atoms with Gasteiger partial charge in [-0.3, -0.25) is 0 Å². The lowest BCUT2D eigenvalue weighted by Gasteiger charge is -2.31. The molecule has 0 N–H and O–H groups in total. The smallest absolute Gasteiger partial charge is 0.0452 e. The number of unbranched alkanes of at least 4 members (excludes halogenated alkanes) is 8. The zero-order valence-electron chi connectivity index (χ0n) is 29.4. The Morgan fingerprint density at radius 1 is 0.370 bits per heavy atom. The fourth-order valence-corrected chi connectivity index (χ4v) is 6.68. The van der Waals surface area contributed by atoms with Crippen molar-refractivity contribution < 1.29 is 0 Å². The molecule has 0 heterocycles. The predicted molar refractivity (Wildman–Crippen MR) is 205 cm³/mol. The summed E-state index contributed by atoms with van der Waals surface area (Å²) in [6.07, 6.45) is 15.1. The molecule has 0 amide bonds. The Labute approximate surface area is 281 Å². The summed E-state index contributed by atoms with van der Waals surface area (Å²) in [5, 5.41) is 0. The summed E-state index contributed by atoms with van der Waals surface area (Å²) in [7, 11) is 0. The van der Waals surface area contributed by atoms with Gasteiger partial charge in [0.2, 0.25) is 0 Å². The number of anilines is 2. The third-order valence-corrected chi connectivity index (χ3v) is 9.32. The van der Waals surface area contributed by atoms with Crippen LogP contribution in [0.25, 0.3) is 33.4 Å². The molecular weight excluding hydrogens is 556 g/mol. The van der Waals surface area contributed by atoms with Crippen LogP contribution >= 0.6 is 0 Å². The standard InChI is InChI=1S/C44H60N2/c1-5-9-19-33-45(34-20-10-6-2)40-29-27-39(28-30-40)44-42(46(35-21-11-7-3)36-22-12-8-4)32-31-41(37-23-15-13-16-24-37)43(44)38-25-17-14-18-26-38/h13-18,23-32H,5-12,19-22,33-36H2,1-4H3. The number of hydrogen-bond acceptors (Lipinski definition) is 2. The maximum atomic E-state index is 2.71. The van der Waals surface area contributed by atoms with E-state index >= 15 is 0 Å². The van der Waals surface area contributed by atoms with Gasteiger partial charge in [-0.05, 0) is 71.7 Å². The SMILES string of the molecule is CCCCCN(CCCCC)c1ccc(-c2c(N(CCCCC)CCCCC)ccc(-c3ccccc3)c2-c2ccccc2)cc1. The van der Waals surface area contributed by atoms with Gasteiger partial charge in [-0.25, -0.2) is 0 Å². The molecule has 4 aromatic carbocycles. The van der Waals surface area contributed by atoms with Gasteiger partial charge in [0.25, 0.3) is 0 Å². The third kappa shape index (κ3) is 9.99. The zero-order chi connectivity index (χ0) is 32.4. The first-order chi connectivity index (χ1) is 22.7. The topological polar surface area (TPSA) is 6.48 Å². The maximum absolute atomic E-state index is 2.71. The van der Waals surface area contributed by atoms with Crippen LogP contribution in [-0.4, -0.2) is 26.2 Å². The summed E-state index contributed by atoms with van der Waals surface area (Å²) in [5.41, 5.74) is 10.6. The highest BCUT2D eigenvalue weighted by molar-refractivity contribution is 6.00. The molecule has 2 heteroatoms. The van der Waals surface area contributed by atoms with E-state index in [4.69, 9.17) is 0 Å². The van der Waals surface area contributed by atoms with Gasteiger partial charge in [0.15, 0.2) is 0 Å². The summed E-state index contributed by atoms with van der Waals surface area (Å²) in [6.45, 7) is 13.7. The molecule has 0 saturated carbocycles. The predicted octanol–water partition coefficient (Wildman–Crippen LogP) is 13.1.